The lowest BCUT2D eigenvalue weighted by atomic mass is 9.88. The second kappa shape index (κ2) is 9.00. The maximum atomic E-state index is 12.5. The van der Waals surface area contributed by atoms with Gasteiger partial charge in [-0.25, -0.2) is 0 Å². The Hall–Kier alpha value is -0.650. The molecule has 2 aliphatic heterocycles. The molecule has 1 amide bonds. The summed E-state index contributed by atoms with van der Waals surface area (Å²) in [7, 11) is 0. The molecular formula is C18H32N2O3. The summed E-state index contributed by atoms with van der Waals surface area (Å²) < 4.78 is 11.4. The van der Waals surface area contributed by atoms with Crippen molar-refractivity contribution in [3.63, 3.8) is 0 Å². The third-order valence-electron chi connectivity index (χ3n) is 5.49. The number of carbonyl (C=O) groups is 1. The topological polar surface area (TPSA) is 42.0 Å². The van der Waals surface area contributed by atoms with Gasteiger partial charge >= 0.3 is 0 Å². The van der Waals surface area contributed by atoms with E-state index < -0.39 is 0 Å². The van der Waals surface area contributed by atoms with E-state index in [0.29, 0.717) is 11.8 Å². The van der Waals surface area contributed by atoms with Gasteiger partial charge in [0.1, 0.15) is 0 Å². The monoisotopic (exact) mass is 324 g/mol. The van der Waals surface area contributed by atoms with E-state index in [1.54, 1.807) is 0 Å². The van der Waals surface area contributed by atoms with Crippen molar-refractivity contribution in [1.29, 1.82) is 0 Å². The van der Waals surface area contributed by atoms with Crippen molar-refractivity contribution in [3.05, 3.63) is 0 Å². The molecule has 132 valence electrons. The van der Waals surface area contributed by atoms with Gasteiger partial charge in [-0.2, -0.15) is 0 Å². The van der Waals surface area contributed by atoms with Crippen LogP contribution >= 0.6 is 0 Å². The van der Waals surface area contributed by atoms with Gasteiger partial charge in [0.2, 0.25) is 5.91 Å². The average molecular weight is 324 g/mol. The van der Waals surface area contributed by atoms with E-state index in [2.05, 4.69) is 9.80 Å². The van der Waals surface area contributed by atoms with Gasteiger partial charge in [-0.1, -0.05) is 19.3 Å². The van der Waals surface area contributed by atoms with E-state index in [0.717, 1.165) is 71.6 Å². The fraction of sp³-hybridized carbons (Fsp3) is 0.944. The molecule has 5 heteroatoms. The van der Waals surface area contributed by atoms with Crippen LogP contribution < -0.4 is 0 Å². The zero-order chi connectivity index (χ0) is 15.9. The van der Waals surface area contributed by atoms with Gasteiger partial charge in [-0.3, -0.25) is 9.69 Å². The van der Waals surface area contributed by atoms with Crippen LogP contribution in [0.15, 0.2) is 0 Å². The molecule has 0 aromatic carbocycles. The summed E-state index contributed by atoms with van der Waals surface area (Å²) in [5, 5.41) is 0. The van der Waals surface area contributed by atoms with E-state index in [1.807, 2.05) is 0 Å². The van der Waals surface area contributed by atoms with Crippen LogP contribution in [0.3, 0.4) is 0 Å². The molecule has 0 aromatic rings. The van der Waals surface area contributed by atoms with Crippen LogP contribution in [0.5, 0.6) is 0 Å². The second-order valence-corrected chi connectivity index (χ2v) is 7.17. The zero-order valence-electron chi connectivity index (χ0n) is 14.4. The van der Waals surface area contributed by atoms with Gasteiger partial charge in [-0.05, 0) is 32.1 Å². The minimum atomic E-state index is 0.0120. The molecule has 2 saturated heterocycles. The minimum Gasteiger partial charge on any atom is -0.353 e. The molecule has 0 bridgehead atoms. The van der Waals surface area contributed by atoms with E-state index in [4.69, 9.17) is 9.47 Å². The number of ether oxygens (including phenoxy) is 2. The Balaban J connectivity index is 1.31. The summed E-state index contributed by atoms with van der Waals surface area (Å²) in [4.78, 5) is 17.1. The highest BCUT2D eigenvalue weighted by Crippen LogP contribution is 2.25. The molecule has 1 unspecified atom stereocenters. The Labute approximate surface area is 140 Å². The summed E-state index contributed by atoms with van der Waals surface area (Å²) in [6.07, 6.45) is 9.41. The molecule has 5 nitrogen and oxygen atoms in total. The summed E-state index contributed by atoms with van der Waals surface area (Å²) in [5.41, 5.74) is 0. The fourth-order valence-corrected chi connectivity index (χ4v) is 3.96. The van der Waals surface area contributed by atoms with Crippen LogP contribution in [0.4, 0.5) is 0 Å². The molecule has 1 aliphatic carbocycles. The number of hydrogen-bond donors (Lipinski definition) is 0. The zero-order valence-corrected chi connectivity index (χ0v) is 14.4. The highest BCUT2D eigenvalue weighted by atomic mass is 16.7. The molecule has 0 aromatic heterocycles. The molecule has 2 heterocycles. The summed E-state index contributed by atoms with van der Waals surface area (Å²) in [6, 6.07) is 0. The van der Waals surface area contributed by atoms with Crippen molar-refractivity contribution >= 4 is 5.91 Å². The number of nitrogens with zero attached hydrogens (tertiary/aromatic N) is 2. The van der Waals surface area contributed by atoms with Crippen LogP contribution in [0.2, 0.25) is 0 Å². The van der Waals surface area contributed by atoms with Crippen LogP contribution in [0, 0.1) is 5.92 Å². The highest BCUT2D eigenvalue weighted by Gasteiger charge is 2.28. The number of piperazine rings is 1. The lowest BCUT2D eigenvalue weighted by molar-refractivity contribution is -0.164. The molecular weight excluding hydrogens is 292 g/mol. The van der Waals surface area contributed by atoms with E-state index in [-0.39, 0.29) is 6.29 Å². The SMILES string of the molecule is O=C(C1CCCCC1)N1CCN(CCOC2CCCCO2)CC1. The Morgan fingerprint density at radius 3 is 2.39 bits per heavy atom. The normalized spacial score (nSPS) is 28.0. The van der Waals surface area contributed by atoms with E-state index in [9.17, 15) is 4.79 Å². The van der Waals surface area contributed by atoms with Crippen LogP contribution in [-0.2, 0) is 14.3 Å². The summed E-state index contributed by atoms with van der Waals surface area (Å²) in [5.74, 6) is 0.721. The van der Waals surface area contributed by atoms with Gasteiger partial charge in [0.15, 0.2) is 6.29 Å². The Morgan fingerprint density at radius 1 is 0.957 bits per heavy atom. The molecule has 1 saturated carbocycles. The van der Waals surface area contributed by atoms with E-state index in [1.165, 1.54) is 25.7 Å². The highest BCUT2D eigenvalue weighted by molar-refractivity contribution is 5.79. The number of hydrogen-bond acceptors (Lipinski definition) is 4. The van der Waals surface area contributed by atoms with Crippen LogP contribution in [0.1, 0.15) is 51.4 Å². The number of amides is 1. The third kappa shape index (κ3) is 5.16. The average Bonchev–Trinajstić information content (AvgIpc) is 2.63. The minimum absolute atomic E-state index is 0.0120. The van der Waals surface area contributed by atoms with Crippen molar-refractivity contribution in [3.8, 4) is 0 Å². The van der Waals surface area contributed by atoms with Crippen molar-refractivity contribution in [2.45, 2.75) is 57.7 Å². The number of carbonyl (C=O) groups excluding carboxylic acids is 1. The van der Waals surface area contributed by atoms with Crippen LogP contribution in [0.25, 0.3) is 0 Å². The largest absolute Gasteiger partial charge is 0.353 e. The first-order valence-corrected chi connectivity index (χ1v) is 9.57. The molecule has 0 radical (unpaired) electrons. The predicted octanol–water partition coefficient (Wildman–Crippen LogP) is 2.25. The third-order valence-corrected chi connectivity index (χ3v) is 5.49. The fourth-order valence-electron chi connectivity index (χ4n) is 3.96. The predicted molar refractivity (Wildman–Crippen MR) is 89.1 cm³/mol. The number of rotatable bonds is 5. The quantitative estimate of drug-likeness (QED) is 0.778. The second-order valence-electron chi connectivity index (χ2n) is 7.17. The van der Waals surface area contributed by atoms with Crippen molar-refractivity contribution in [2.24, 2.45) is 5.92 Å². The van der Waals surface area contributed by atoms with Crippen molar-refractivity contribution in [1.82, 2.24) is 9.80 Å². The van der Waals surface area contributed by atoms with Crippen molar-refractivity contribution in [2.75, 3.05) is 45.9 Å². The first-order chi connectivity index (χ1) is 11.3. The van der Waals surface area contributed by atoms with Gasteiger partial charge in [0, 0.05) is 45.2 Å². The lowest BCUT2D eigenvalue weighted by Crippen LogP contribution is -2.51. The molecule has 0 N–H and O–H groups in total. The first-order valence-electron chi connectivity index (χ1n) is 9.57. The Kier molecular flexibility index (Phi) is 6.72. The molecule has 23 heavy (non-hydrogen) atoms. The first kappa shape index (κ1) is 17.2. The molecule has 3 fully saturated rings. The van der Waals surface area contributed by atoms with Gasteiger partial charge in [-0.15, -0.1) is 0 Å². The summed E-state index contributed by atoms with van der Waals surface area (Å²) >= 11 is 0. The Morgan fingerprint density at radius 2 is 1.70 bits per heavy atom. The van der Waals surface area contributed by atoms with E-state index >= 15 is 0 Å². The Bertz CT molecular complexity index is 357. The molecule has 3 aliphatic rings. The smallest absolute Gasteiger partial charge is 0.225 e. The molecule has 3 rings (SSSR count). The van der Waals surface area contributed by atoms with Crippen molar-refractivity contribution < 1.29 is 14.3 Å². The molecule has 1 atom stereocenters. The van der Waals surface area contributed by atoms with Gasteiger partial charge in [0.05, 0.1) is 6.61 Å². The van der Waals surface area contributed by atoms with Crippen LogP contribution in [-0.4, -0.2) is 67.9 Å². The standard InChI is InChI=1S/C18H32N2O3/c21-18(16-6-2-1-3-7-16)20-11-9-19(10-12-20)13-15-23-17-8-4-5-14-22-17/h16-17H,1-15H2. The van der Waals surface area contributed by atoms with Gasteiger partial charge < -0.3 is 14.4 Å². The van der Waals surface area contributed by atoms with Gasteiger partial charge in [0.25, 0.3) is 0 Å². The summed E-state index contributed by atoms with van der Waals surface area (Å²) in [6.45, 7) is 6.25. The maximum Gasteiger partial charge on any atom is 0.225 e. The lowest BCUT2D eigenvalue weighted by Gasteiger charge is -2.37. The molecule has 0 spiro atoms. The maximum absolute atomic E-state index is 12.5.